The first kappa shape index (κ1) is 13.2. The second-order valence-corrected chi connectivity index (χ2v) is 3.94. The van der Waals surface area contributed by atoms with E-state index >= 15 is 0 Å². The molecule has 0 aliphatic heterocycles. The molecule has 17 heavy (non-hydrogen) atoms. The van der Waals surface area contributed by atoms with Gasteiger partial charge in [0.1, 0.15) is 0 Å². The zero-order chi connectivity index (χ0) is 12.7. The standard InChI is InChI=1S/C13H17NO3/c1-14(10-9-13(16)17)12(15)8-7-11-5-3-2-4-6-11/h2-6H,7-10H2,1H3,(H,16,17). The number of nitrogens with zero attached hydrogens (tertiary/aromatic N) is 1. The number of amides is 1. The smallest absolute Gasteiger partial charge is 0.305 e. The Morgan fingerprint density at radius 3 is 2.41 bits per heavy atom. The van der Waals surface area contributed by atoms with Crippen molar-refractivity contribution in [1.29, 1.82) is 0 Å². The van der Waals surface area contributed by atoms with Crippen molar-refractivity contribution < 1.29 is 14.7 Å². The van der Waals surface area contributed by atoms with Gasteiger partial charge in [-0.05, 0) is 12.0 Å². The van der Waals surface area contributed by atoms with Crippen LogP contribution >= 0.6 is 0 Å². The monoisotopic (exact) mass is 235 g/mol. The highest BCUT2D eigenvalue weighted by Crippen LogP contribution is 2.04. The summed E-state index contributed by atoms with van der Waals surface area (Å²) in [6, 6.07) is 9.77. The van der Waals surface area contributed by atoms with Gasteiger partial charge in [-0.25, -0.2) is 0 Å². The molecule has 1 rings (SSSR count). The van der Waals surface area contributed by atoms with E-state index in [-0.39, 0.29) is 18.9 Å². The van der Waals surface area contributed by atoms with Crippen LogP contribution < -0.4 is 0 Å². The molecular weight excluding hydrogens is 218 g/mol. The lowest BCUT2D eigenvalue weighted by molar-refractivity contribution is -0.138. The fourth-order valence-electron chi connectivity index (χ4n) is 1.47. The lowest BCUT2D eigenvalue weighted by Crippen LogP contribution is -2.29. The van der Waals surface area contributed by atoms with Gasteiger partial charge in [-0.2, -0.15) is 0 Å². The normalized spacial score (nSPS) is 9.94. The molecule has 1 amide bonds. The van der Waals surface area contributed by atoms with E-state index in [0.29, 0.717) is 12.8 Å². The Kier molecular flexibility index (Phi) is 5.20. The maximum absolute atomic E-state index is 11.7. The van der Waals surface area contributed by atoms with E-state index in [0.717, 1.165) is 5.56 Å². The van der Waals surface area contributed by atoms with Crippen molar-refractivity contribution in [3.8, 4) is 0 Å². The van der Waals surface area contributed by atoms with Crippen LogP contribution in [0.1, 0.15) is 18.4 Å². The average molecular weight is 235 g/mol. The minimum absolute atomic E-state index is 0.00637. The number of aryl methyl sites for hydroxylation is 1. The van der Waals surface area contributed by atoms with Gasteiger partial charge < -0.3 is 10.0 Å². The van der Waals surface area contributed by atoms with Gasteiger partial charge in [0.15, 0.2) is 0 Å². The topological polar surface area (TPSA) is 57.6 Å². The number of rotatable bonds is 6. The first-order chi connectivity index (χ1) is 8.09. The van der Waals surface area contributed by atoms with Crippen molar-refractivity contribution in [3.63, 3.8) is 0 Å². The van der Waals surface area contributed by atoms with E-state index in [1.165, 1.54) is 4.90 Å². The molecule has 0 spiro atoms. The molecule has 0 saturated carbocycles. The molecule has 1 aromatic carbocycles. The lowest BCUT2D eigenvalue weighted by atomic mass is 10.1. The van der Waals surface area contributed by atoms with Gasteiger partial charge in [-0.15, -0.1) is 0 Å². The Morgan fingerprint density at radius 2 is 1.82 bits per heavy atom. The summed E-state index contributed by atoms with van der Waals surface area (Å²) < 4.78 is 0. The van der Waals surface area contributed by atoms with Crippen molar-refractivity contribution in [2.24, 2.45) is 0 Å². The number of hydrogen-bond donors (Lipinski definition) is 1. The molecule has 0 aromatic heterocycles. The molecule has 4 nitrogen and oxygen atoms in total. The number of carboxylic acid groups (broad SMARTS) is 1. The molecule has 4 heteroatoms. The third kappa shape index (κ3) is 5.15. The number of carboxylic acids is 1. The summed E-state index contributed by atoms with van der Waals surface area (Å²) in [6.07, 6.45) is 1.10. The number of carbonyl (C=O) groups is 2. The molecule has 0 heterocycles. The first-order valence-corrected chi connectivity index (χ1v) is 5.59. The number of aliphatic carboxylic acids is 1. The summed E-state index contributed by atoms with van der Waals surface area (Å²) in [6.45, 7) is 0.267. The quantitative estimate of drug-likeness (QED) is 0.814. The molecule has 0 radical (unpaired) electrons. The molecule has 92 valence electrons. The third-order valence-electron chi connectivity index (χ3n) is 2.56. The van der Waals surface area contributed by atoms with E-state index in [2.05, 4.69) is 0 Å². The molecule has 0 bridgehead atoms. The lowest BCUT2D eigenvalue weighted by Gasteiger charge is -2.15. The van der Waals surface area contributed by atoms with Crippen LogP contribution in [0.25, 0.3) is 0 Å². The number of carbonyl (C=O) groups excluding carboxylic acids is 1. The van der Waals surface area contributed by atoms with Gasteiger partial charge in [-0.1, -0.05) is 30.3 Å². The molecule has 0 unspecified atom stereocenters. The van der Waals surface area contributed by atoms with Gasteiger partial charge >= 0.3 is 5.97 Å². The first-order valence-electron chi connectivity index (χ1n) is 5.59. The van der Waals surface area contributed by atoms with Crippen LogP contribution in [0.3, 0.4) is 0 Å². The highest BCUT2D eigenvalue weighted by atomic mass is 16.4. The number of hydrogen-bond acceptors (Lipinski definition) is 2. The van der Waals surface area contributed by atoms with Crippen LogP contribution in [-0.4, -0.2) is 35.5 Å². The largest absolute Gasteiger partial charge is 0.481 e. The van der Waals surface area contributed by atoms with E-state index in [4.69, 9.17) is 5.11 Å². The molecular formula is C13H17NO3. The molecule has 0 aliphatic carbocycles. The summed E-state index contributed by atoms with van der Waals surface area (Å²) in [4.78, 5) is 23.5. The summed E-state index contributed by atoms with van der Waals surface area (Å²) in [5, 5.41) is 8.51. The SMILES string of the molecule is CN(CCC(=O)O)C(=O)CCc1ccccc1. The molecule has 0 atom stereocenters. The average Bonchev–Trinajstić information content (AvgIpc) is 2.34. The van der Waals surface area contributed by atoms with E-state index in [1.54, 1.807) is 7.05 Å². The van der Waals surface area contributed by atoms with Gasteiger partial charge in [0, 0.05) is 20.0 Å². The van der Waals surface area contributed by atoms with Crippen molar-refractivity contribution in [1.82, 2.24) is 4.90 Å². The van der Waals surface area contributed by atoms with Crippen LogP contribution in [0.4, 0.5) is 0 Å². The zero-order valence-electron chi connectivity index (χ0n) is 9.93. The Hall–Kier alpha value is -1.84. The Morgan fingerprint density at radius 1 is 1.18 bits per heavy atom. The van der Waals surface area contributed by atoms with Gasteiger partial charge in [0.25, 0.3) is 0 Å². The summed E-state index contributed by atoms with van der Waals surface area (Å²) in [7, 11) is 1.64. The maximum Gasteiger partial charge on any atom is 0.305 e. The fourth-order valence-corrected chi connectivity index (χ4v) is 1.47. The minimum atomic E-state index is -0.882. The van der Waals surface area contributed by atoms with Crippen LogP contribution in [0.5, 0.6) is 0 Å². The highest BCUT2D eigenvalue weighted by molar-refractivity contribution is 5.77. The Labute approximate surface area is 101 Å². The van der Waals surface area contributed by atoms with Crippen LogP contribution in [0.2, 0.25) is 0 Å². The summed E-state index contributed by atoms with van der Waals surface area (Å²) in [5.41, 5.74) is 1.12. The Balaban J connectivity index is 2.32. The molecule has 1 N–H and O–H groups in total. The van der Waals surface area contributed by atoms with Crippen molar-refractivity contribution in [3.05, 3.63) is 35.9 Å². The molecule has 0 saturated heterocycles. The predicted molar refractivity (Wildman–Crippen MR) is 64.7 cm³/mol. The predicted octanol–water partition coefficient (Wildman–Crippen LogP) is 1.55. The van der Waals surface area contributed by atoms with Gasteiger partial charge in [-0.3, -0.25) is 9.59 Å². The van der Waals surface area contributed by atoms with Gasteiger partial charge in [0.05, 0.1) is 6.42 Å². The maximum atomic E-state index is 11.7. The van der Waals surface area contributed by atoms with E-state index in [1.807, 2.05) is 30.3 Å². The molecule has 0 aliphatic rings. The Bertz CT molecular complexity index is 376. The second-order valence-electron chi connectivity index (χ2n) is 3.94. The van der Waals surface area contributed by atoms with E-state index in [9.17, 15) is 9.59 Å². The van der Waals surface area contributed by atoms with Crippen LogP contribution in [0.15, 0.2) is 30.3 Å². The highest BCUT2D eigenvalue weighted by Gasteiger charge is 2.09. The van der Waals surface area contributed by atoms with Crippen LogP contribution in [0, 0.1) is 0 Å². The molecule has 0 fully saturated rings. The summed E-state index contributed by atoms with van der Waals surface area (Å²) >= 11 is 0. The zero-order valence-corrected chi connectivity index (χ0v) is 9.93. The van der Waals surface area contributed by atoms with Crippen molar-refractivity contribution >= 4 is 11.9 Å². The third-order valence-corrected chi connectivity index (χ3v) is 2.56. The fraction of sp³-hybridized carbons (Fsp3) is 0.385. The molecule has 1 aromatic rings. The van der Waals surface area contributed by atoms with Crippen molar-refractivity contribution in [2.45, 2.75) is 19.3 Å². The minimum Gasteiger partial charge on any atom is -0.481 e. The number of benzene rings is 1. The van der Waals surface area contributed by atoms with Gasteiger partial charge in [0.2, 0.25) is 5.91 Å². The van der Waals surface area contributed by atoms with Crippen molar-refractivity contribution in [2.75, 3.05) is 13.6 Å². The van der Waals surface area contributed by atoms with E-state index < -0.39 is 5.97 Å². The summed E-state index contributed by atoms with van der Waals surface area (Å²) in [5.74, 6) is -0.900. The second kappa shape index (κ2) is 6.68. The van der Waals surface area contributed by atoms with Crippen LogP contribution in [-0.2, 0) is 16.0 Å².